The van der Waals surface area contributed by atoms with E-state index in [2.05, 4.69) is 5.32 Å². The molecule has 0 atom stereocenters. The number of nitrogens with one attached hydrogen (secondary N) is 1. The number of carbonyl (C=O) groups is 2. The van der Waals surface area contributed by atoms with Crippen molar-refractivity contribution in [3.8, 4) is 11.5 Å². The predicted molar refractivity (Wildman–Crippen MR) is 98.5 cm³/mol. The Morgan fingerprint density at radius 1 is 1.08 bits per heavy atom. The van der Waals surface area contributed by atoms with Gasteiger partial charge in [-0.15, -0.1) is 0 Å². The van der Waals surface area contributed by atoms with E-state index in [1.165, 1.54) is 12.8 Å². The van der Waals surface area contributed by atoms with Crippen molar-refractivity contribution in [2.24, 2.45) is 5.92 Å². The highest BCUT2D eigenvalue weighted by atomic mass is 16.5. The van der Waals surface area contributed by atoms with Crippen LogP contribution in [0.25, 0.3) is 0 Å². The van der Waals surface area contributed by atoms with Gasteiger partial charge in [0.05, 0.1) is 14.2 Å². The van der Waals surface area contributed by atoms with Crippen molar-refractivity contribution < 1.29 is 19.1 Å². The second-order valence-electron chi connectivity index (χ2n) is 6.84. The van der Waals surface area contributed by atoms with Crippen LogP contribution < -0.4 is 14.8 Å². The third-order valence-corrected chi connectivity index (χ3v) is 4.92. The molecule has 2 amide bonds. The number of allylic oxidation sites excluding steroid dienone is 1. The number of rotatable bonds is 6. The molecular weight excluding hydrogens is 332 g/mol. The SMILES string of the molecule is COc1ccc(C(=O)NC2CCN(C(=O)/C=C/C3CC3)CC2)cc1OC. The lowest BCUT2D eigenvalue weighted by Gasteiger charge is -2.31. The molecule has 1 aromatic rings. The number of amides is 2. The van der Waals surface area contributed by atoms with Crippen LogP contribution in [0.5, 0.6) is 11.5 Å². The molecule has 0 spiro atoms. The largest absolute Gasteiger partial charge is 0.493 e. The fourth-order valence-electron chi connectivity index (χ4n) is 3.10. The lowest BCUT2D eigenvalue weighted by atomic mass is 10.0. The van der Waals surface area contributed by atoms with Crippen LogP contribution in [0.4, 0.5) is 0 Å². The van der Waals surface area contributed by atoms with Crippen LogP contribution in [0.3, 0.4) is 0 Å². The van der Waals surface area contributed by atoms with Crippen molar-refractivity contribution in [3.05, 3.63) is 35.9 Å². The van der Waals surface area contributed by atoms with Crippen LogP contribution in [0.1, 0.15) is 36.0 Å². The molecule has 2 fully saturated rings. The highest BCUT2D eigenvalue weighted by Gasteiger charge is 2.24. The number of ether oxygens (including phenoxy) is 2. The molecule has 1 aromatic carbocycles. The normalized spacial score (nSPS) is 18.0. The van der Waals surface area contributed by atoms with E-state index in [1.54, 1.807) is 38.5 Å². The lowest BCUT2D eigenvalue weighted by molar-refractivity contribution is -0.127. The molecule has 0 bridgehead atoms. The standard InChI is InChI=1S/C20H26N2O4/c1-25-17-7-6-15(13-18(17)26-2)20(24)21-16-9-11-22(12-10-16)19(23)8-5-14-3-4-14/h5-8,13-14,16H,3-4,9-12H2,1-2H3,(H,21,24)/b8-5+. The third kappa shape index (κ3) is 4.56. The van der Waals surface area contributed by atoms with E-state index in [4.69, 9.17) is 9.47 Å². The van der Waals surface area contributed by atoms with Gasteiger partial charge < -0.3 is 19.7 Å². The van der Waals surface area contributed by atoms with Gasteiger partial charge in [0.25, 0.3) is 5.91 Å². The van der Waals surface area contributed by atoms with Crippen LogP contribution in [-0.4, -0.2) is 50.1 Å². The summed E-state index contributed by atoms with van der Waals surface area (Å²) in [7, 11) is 3.11. The molecule has 1 aliphatic carbocycles. The van der Waals surface area contributed by atoms with Crippen LogP contribution in [0.2, 0.25) is 0 Å². The van der Waals surface area contributed by atoms with Gasteiger partial charge in [0.1, 0.15) is 0 Å². The van der Waals surface area contributed by atoms with Gasteiger partial charge in [-0.05, 0) is 55.9 Å². The van der Waals surface area contributed by atoms with E-state index in [9.17, 15) is 9.59 Å². The first-order valence-corrected chi connectivity index (χ1v) is 9.10. The minimum atomic E-state index is -0.135. The molecule has 1 N–H and O–H groups in total. The minimum absolute atomic E-state index is 0.0760. The molecular formula is C20H26N2O4. The van der Waals surface area contributed by atoms with E-state index in [0.29, 0.717) is 36.1 Å². The molecule has 26 heavy (non-hydrogen) atoms. The molecule has 1 heterocycles. The molecule has 0 unspecified atom stereocenters. The molecule has 1 saturated heterocycles. The summed E-state index contributed by atoms with van der Waals surface area (Å²) in [5, 5.41) is 3.05. The average molecular weight is 358 g/mol. The Morgan fingerprint density at radius 2 is 1.77 bits per heavy atom. The Hall–Kier alpha value is -2.50. The second kappa shape index (κ2) is 8.25. The molecule has 2 aliphatic rings. The lowest BCUT2D eigenvalue weighted by Crippen LogP contribution is -2.46. The molecule has 1 saturated carbocycles. The van der Waals surface area contributed by atoms with E-state index in [0.717, 1.165) is 12.8 Å². The number of benzene rings is 1. The maximum Gasteiger partial charge on any atom is 0.251 e. The molecule has 0 radical (unpaired) electrons. The molecule has 6 heteroatoms. The summed E-state index contributed by atoms with van der Waals surface area (Å²) < 4.78 is 10.4. The van der Waals surface area contributed by atoms with Crippen molar-refractivity contribution >= 4 is 11.8 Å². The van der Waals surface area contributed by atoms with Crippen LogP contribution in [0, 0.1) is 5.92 Å². The Labute approximate surface area is 154 Å². The highest BCUT2D eigenvalue weighted by molar-refractivity contribution is 5.95. The summed E-state index contributed by atoms with van der Waals surface area (Å²) in [5.74, 6) is 1.68. The van der Waals surface area contributed by atoms with E-state index < -0.39 is 0 Å². The first-order valence-electron chi connectivity index (χ1n) is 9.10. The van der Waals surface area contributed by atoms with Crippen LogP contribution in [0.15, 0.2) is 30.4 Å². The summed E-state index contributed by atoms with van der Waals surface area (Å²) in [4.78, 5) is 26.5. The first kappa shape index (κ1) is 18.3. The molecule has 140 valence electrons. The molecule has 3 rings (SSSR count). The van der Waals surface area contributed by atoms with Gasteiger partial charge in [0.2, 0.25) is 5.91 Å². The van der Waals surface area contributed by atoms with Crippen LogP contribution >= 0.6 is 0 Å². The predicted octanol–water partition coefficient (Wildman–Crippen LogP) is 2.39. The summed E-state index contributed by atoms with van der Waals surface area (Å²) in [6.07, 6.45) is 7.67. The van der Waals surface area contributed by atoms with Gasteiger partial charge >= 0.3 is 0 Å². The number of likely N-dealkylation sites (tertiary alicyclic amines) is 1. The zero-order valence-electron chi connectivity index (χ0n) is 15.4. The zero-order valence-corrected chi connectivity index (χ0v) is 15.4. The van der Waals surface area contributed by atoms with Crippen molar-refractivity contribution in [1.29, 1.82) is 0 Å². The Morgan fingerprint density at radius 3 is 2.38 bits per heavy atom. The zero-order chi connectivity index (χ0) is 18.5. The van der Waals surface area contributed by atoms with Crippen molar-refractivity contribution in [3.63, 3.8) is 0 Å². The van der Waals surface area contributed by atoms with Crippen LogP contribution in [-0.2, 0) is 4.79 Å². The highest BCUT2D eigenvalue weighted by Crippen LogP contribution is 2.30. The fraction of sp³-hybridized carbons (Fsp3) is 0.500. The number of hydrogen-bond donors (Lipinski definition) is 1. The van der Waals surface area contributed by atoms with Gasteiger partial charge in [0.15, 0.2) is 11.5 Å². The number of piperidine rings is 1. The summed E-state index contributed by atoms with van der Waals surface area (Å²) in [5.41, 5.74) is 0.536. The molecule has 1 aliphatic heterocycles. The number of nitrogens with zero attached hydrogens (tertiary/aromatic N) is 1. The Bertz CT molecular complexity index is 689. The van der Waals surface area contributed by atoms with Gasteiger partial charge in [-0.25, -0.2) is 0 Å². The van der Waals surface area contributed by atoms with Gasteiger partial charge in [0, 0.05) is 24.7 Å². The van der Waals surface area contributed by atoms with Crippen molar-refractivity contribution in [2.75, 3.05) is 27.3 Å². The summed E-state index contributed by atoms with van der Waals surface area (Å²) in [6, 6.07) is 5.20. The topological polar surface area (TPSA) is 67.9 Å². The maximum atomic E-state index is 12.5. The third-order valence-electron chi connectivity index (χ3n) is 4.92. The molecule has 6 nitrogen and oxygen atoms in total. The average Bonchev–Trinajstić information content (AvgIpc) is 3.50. The first-order chi connectivity index (χ1) is 12.6. The quantitative estimate of drug-likeness (QED) is 0.793. The van der Waals surface area contributed by atoms with Gasteiger partial charge in [-0.1, -0.05) is 6.08 Å². The van der Waals surface area contributed by atoms with Crippen molar-refractivity contribution in [1.82, 2.24) is 10.2 Å². The summed E-state index contributed by atoms with van der Waals surface area (Å²) in [6.45, 7) is 1.34. The second-order valence-corrected chi connectivity index (χ2v) is 6.84. The minimum Gasteiger partial charge on any atom is -0.493 e. The molecule has 0 aromatic heterocycles. The van der Waals surface area contributed by atoms with Crippen molar-refractivity contribution in [2.45, 2.75) is 31.7 Å². The smallest absolute Gasteiger partial charge is 0.251 e. The van der Waals surface area contributed by atoms with Gasteiger partial charge in [-0.2, -0.15) is 0 Å². The Kier molecular flexibility index (Phi) is 5.81. The summed E-state index contributed by atoms with van der Waals surface area (Å²) >= 11 is 0. The Balaban J connectivity index is 1.50. The monoisotopic (exact) mass is 358 g/mol. The number of methoxy groups -OCH3 is 2. The van der Waals surface area contributed by atoms with E-state index >= 15 is 0 Å². The van der Waals surface area contributed by atoms with Gasteiger partial charge in [-0.3, -0.25) is 9.59 Å². The number of hydrogen-bond acceptors (Lipinski definition) is 4. The fourth-order valence-corrected chi connectivity index (χ4v) is 3.10. The maximum absolute atomic E-state index is 12.5. The van der Waals surface area contributed by atoms with E-state index in [-0.39, 0.29) is 17.9 Å². The van der Waals surface area contributed by atoms with E-state index in [1.807, 2.05) is 11.0 Å². The number of carbonyl (C=O) groups excluding carboxylic acids is 2.